The van der Waals surface area contributed by atoms with Crippen LogP contribution in [-0.4, -0.2) is 13.1 Å². The van der Waals surface area contributed by atoms with Gasteiger partial charge in [-0.15, -0.1) is 6.42 Å². The van der Waals surface area contributed by atoms with Crippen LogP contribution in [0.4, 0.5) is 5.69 Å². The molecule has 3 rings (SSSR count). The summed E-state index contributed by atoms with van der Waals surface area (Å²) in [6.07, 6.45) is 8.00. The van der Waals surface area contributed by atoms with Crippen LogP contribution in [0.5, 0.6) is 0 Å². The van der Waals surface area contributed by atoms with Gasteiger partial charge in [-0.1, -0.05) is 17.5 Å². The van der Waals surface area contributed by atoms with Gasteiger partial charge in [0.05, 0.1) is 5.02 Å². The highest BCUT2D eigenvalue weighted by molar-refractivity contribution is 6.32. The topological polar surface area (TPSA) is 3.24 Å². The summed E-state index contributed by atoms with van der Waals surface area (Å²) in [5, 5.41) is 0.727. The fourth-order valence-electron chi connectivity index (χ4n) is 2.74. The van der Waals surface area contributed by atoms with Crippen molar-refractivity contribution in [2.75, 3.05) is 18.0 Å². The normalized spacial score (nSPS) is 22.4. The molecule has 1 unspecified atom stereocenters. The van der Waals surface area contributed by atoms with E-state index in [1.807, 2.05) is 0 Å². The molecule has 2 aliphatic heterocycles. The molecule has 0 radical (unpaired) electrons. The molecule has 1 saturated heterocycles. The van der Waals surface area contributed by atoms with Crippen LogP contribution < -0.4 is 4.90 Å². The van der Waals surface area contributed by atoms with Gasteiger partial charge in [-0.05, 0) is 30.5 Å². The SMILES string of the molecule is C#Cc1cc2c(cc1Cl)C1CCCN2C1. The fraction of sp³-hybridized carbons (Fsp3) is 0.385. The largest absolute Gasteiger partial charge is 0.371 e. The maximum absolute atomic E-state index is 6.14. The second kappa shape index (κ2) is 3.18. The smallest absolute Gasteiger partial charge is 0.0566 e. The number of nitrogens with zero attached hydrogens (tertiary/aromatic N) is 1. The van der Waals surface area contributed by atoms with E-state index in [0.717, 1.165) is 23.7 Å². The van der Waals surface area contributed by atoms with E-state index in [4.69, 9.17) is 18.0 Å². The van der Waals surface area contributed by atoms with Crippen LogP contribution in [0.3, 0.4) is 0 Å². The molecule has 0 saturated carbocycles. The summed E-state index contributed by atoms with van der Waals surface area (Å²) in [4.78, 5) is 2.43. The molecule has 1 atom stereocenters. The van der Waals surface area contributed by atoms with Crippen molar-refractivity contribution in [1.82, 2.24) is 0 Å². The van der Waals surface area contributed by atoms with Crippen LogP contribution >= 0.6 is 11.6 Å². The first-order valence-corrected chi connectivity index (χ1v) is 5.72. The molecule has 0 N–H and O–H groups in total. The van der Waals surface area contributed by atoms with Crippen LogP contribution in [0.15, 0.2) is 12.1 Å². The molecular weight excluding hydrogens is 206 g/mol. The Hall–Kier alpha value is -1.13. The van der Waals surface area contributed by atoms with Crippen LogP contribution in [0, 0.1) is 12.3 Å². The zero-order valence-corrected chi connectivity index (χ0v) is 9.22. The molecule has 0 amide bonds. The van der Waals surface area contributed by atoms with E-state index in [2.05, 4.69) is 23.0 Å². The fourth-order valence-corrected chi connectivity index (χ4v) is 2.97. The summed E-state index contributed by atoms with van der Waals surface area (Å²) < 4.78 is 0. The molecule has 2 heteroatoms. The summed E-state index contributed by atoms with van der Waals surface area (Å²) >= 11 is 6.14. The van der Waals surface area contributed by atoms with E-state index in [0.29, 0.717) is 5.92 Å². The van der Waals surface area contributed by atoms with Crippen molar-refractivity contribution >= 4 is 17.3 Å². The van der Waals surface area contributed by atoms with Crippen molar-refractivity contribution < 1.29 is 0 Å². The lowest BCUT2D eigenvalue weighted by Crippen LogP contribution is -2.27. The molecular formula is C13H12ClN. The maximum atomic E-state index is 6.14. The predicted octanol–water partition coefficient (Wildman–Crippen LogP) is 3.02. The monoisotopic (exact) mass is 217 g/mol. The second-order valence-corrected chi connectivity index (χ2v) is 4.73. The lowest BCUT2D eigenvalue weighted by atomic mass is 9.95. The van der Waals surface area contributed by atoms with E-state index in [1.54, 1.807) is 0 Å². The predicted molar refractivity (Wildman–Crippen MR) is 63.6 cm³/mol. The Balaban J connectivity index is 2.18. The third kappa shape index (κ3) is 1.25. The Labute approximate surface area is 95.0 Å². The number of anilines is 1. The Morgan fingerprint density at radius 2 is 2.33 bits per heavy atom. The van der Waals surface area contributed by atoms with Crippen molar-refractivity contribution in [3.8, 4) is 12.3 Å². The highest BCUT2D eigenvalue weighted by Crippen LogP contribution is 2.44. The molecule has 1 fully saturated rings. The average Bonchev–Trinajstić information content (AvgIpc) is 2.50. The molecule has 0 aliphatic carbocycles. The van der Waals surface area contributed by atoms with Gasteiger partial charge in [-0.2, -0.15) is 0 Å². The maximum Gasteiger partial charge on any atom is 0.0566 e. The number of hydrogen-bond acceptors (Lipinski definition) is 1. The lowest BCUT2D eigenvalue weighted by molar-refractivity contribution is 0.546. The Kier molecular flexibility index (Phi) is 1.94. The van der Waals surface area contributed by atoms with Crippen molar-refractivity contribution in [3.05, 3.63) is 28.3 Å². The van der Waals surface area contributed by atoms with Crippen molar-refractivity contribution in [3.63, 3.8) is 0 Å². The van der Waals surface area contributed by atoms with Gasteiger partial charge in [-0.25, -0.2) is 0 Å². The molecule has 1 aromatic carbocycles. The molecule has 15 heavy (non-hydrogen) atoms. The minimum absolute atomic E-state index is 0.679. The van der Waals surface area contributed by atoms with Crippen molar-refractivity contribution in [1.29, 1.82) is 0 Å². The summed E-state index contributed by atoms with van der Waals surface area (Å²) in [5.41, 5.74) is 3.54. The van der Waals surface area contributed by atoms with Crippen LogP contribution in [0.25, 0.3) is 0 Å². The Morgan fingerprint density at radius 1 is 1.47 bits per heavy atom. The first-order valence-electron chi connectivity index (χ1n) is 5.34. The summed E-state index contributed by atoms with van der Waals surface area (Å²) in [7, 11) is 0. The number of rotatable bonds is 0. The van der Waals surface area contributed by atoms with Gasteiger partial charge in [0.15, 0.2) is 0 Å². The first-order chi connectivity index (χ1) is 7.29. The third-order valence-electron chi connectivity index (χ3n) is 3.47. The zero-order valence-electron chi connectivity index (χ0n) is 8.46. The lowest BCUT2D eigenvalue weighted by Gasteiger charge is -2.24. The number of hydrogen-bond donors (Lipinski definition) is 0. The summed E-state index contributed by atoms with van der Waals surface area (Å²) in [6.45, 7) is 2.31. The van der Waals surface area contributed by atoms with Gasteiger partial charge < -0.3 is 4.90 Å². The van der Waals surface area contributed by atoms with E-state index in [9.17, 15) is 0 Å². The molecule has 0 aromatic heterocycles. The number of benzene rings is 1. The minimum atomic E-state index is 0.679. The molecule has 1 aromatic rings. The van der Waals surface area contributed by atoms with Gasteiger partial charge in [0.1, 0.15) is 0 Å². The van der Waals surface area contributed by atoms with Crippen LogP contribution in [-0.2, 0) is 0 Å². The second-order valence-electron chi connectivity index (χ2n) is 4.32. The van der Waals surface area contributed by atoms with Crippen molar-refractivity contribution in [2.45, 2.75) is 18.8 Å². The van der Waals surface area contributed by atoms with Crippen LogP contribution in [0.1, 0.15) is 29.9 Å². The first kappa shape index (κ1) is 9.12. The van der Waals surface area contributed by atoms with Gasteiger partial charge >= 0.3 is 0 Å². The summed E-state index contributed by atoms with van der Waals surface area (Å²) in [5.74, 6) is 3.33. The minimum Gasteiger partial charge on any atom is -0.371 e. The molecule has 76 valence electrons. The Morgan fingerprint density at radius 3 is 3.13 bits per heavy atom. The van der Waals surface area contributed by atoms with Crippen molar-refractivity contribution in [2.24, 2.45) is 0 Å². The number of fused-ring (bicyclic) bond motifs is 5. The quantitative estimate of drug-likeness (QED) is 0.604. The molecule has 2 aliphatic rings. The van der Waals surface area contributed by atoms with Gasteiger partial charge in [0.2, 0.25) is 0 Å². The number of terminal acetylenes is 1. The molecule has 1 nitrogen and oxygen atoms in total. The van der Waals surface area contributed by atoms with Gasteiger partial charge in [0, 0.05) is 30.3 Å². The Bertz CT molecular complexity index is 458. The zero-order chi connectivity index (χ0) is 10.4. The highest BCUT2D eigenvalue weighted by atomic mass is 35.5. The molecule has 2 bridgehead atoms. The van der Waals surface area contributed by atoms with E-state index in [1.165, 1.54) is 24.1 Å². The standard InChI is InChI=1S/C13H12ClN/c1-2-9-6-13-11(7-12(9)14)10-4-3-5-15(13)8-10/h1,6-7,10H,3-5,8H2. The number of piperidine rings is 1. The molecule has 0 spiro atoms. The summed E-state index contributed by atoms with van der Waals surface area (Å²) in [6, 6.07) is 4.14. The van der Waals surface area contributed by atoms with Crippen LogP contribution in [0.2, 0.25) is 5.02 Å². The third-order valence-corrected chi connectivity index (χ3v) is 3.79. The van der Waals surface area contributed by atoms with Gasteiger partial charge in [0.25, 0.3) is 0 Å². The average molecular weight is 218 g/mol. The van der Waals surface area contributed by atoms with Gasteiger partial charge in [-0.3, -0.25) is 0 Å². The van der Waals surface area contributed by atoms with E-state index >= 15 is 0 Å². The molecule has 2 heterocycles. The van der Waals surface area contributed by atoms with E-state index < -0.39 is 0 Å². The highest BCUT2D eigenvalue weighted by Gasteiger charge is 2.32. The number of halogens is 1. The van der Waals surface area contributed by atoms with E-state index in [-0.39, 0.29) is 0 Å².